The smallest absolute Gasteiger partial charge is 0.412 e. The molecule has 2 aromatic heterocycles. The Kier molecular flexibility index (Phi) is 4.15. The molecule has 124 valence electrons. The molecule has 0 radical (unpaired) electrons. The van der Waals surface area contributed by atoms with Gasteiger partial charge in [-0.15, -0.1) is 0 Å². The predicted molar refractivity (Wildman–Crippen MR) is 93.7 cm³/mol. The minimum atomic E-state index is -0.542. The van der Waals surface area contributed by atoms with Crippen molar-refractivity contribution in [3.05, 3.63) is 47.9 Å². The van der Waals surface area contributed by atoms with Crippen LogP contribution in [0.25, 0.3) is 16.6 Å². The molecule has 0 saturated heterocycles. The first-order valence-corrected chi connectivity index (χ1v) is 7.79. The third kappa shape index (κ3) is 3.83. The molecule has 0 unspecified atom stereocenters. The monoisotopic (exact) mass is 344 g/mol. The maximum absolute atomic E-state index is 11.9. The van der Waals surface area contributed by atoms with Gasteiger partial charge in [-0.2, -0.15) is 5.10 Å². The lowest BCUT2D eigenvalue weighted by atomic mass is 10.2. The van der Waals surface area contributed by atoms with Gasteiger partial charge in [0.2, 0.25) is 0 Å². The van der Waals surface area contributed by atoms with Crippen LogP contribution < -0.4 is 5.32 Å². The first kappa shape index (κ1) is 16.3. The van der Waals surface area contributed by atoms with E-state index in [9.17, 15) is 4.79 Å². The Balaban J connectivity index is 1.85. The Hall–Kier alpha value is -2.60. The van der Waals surface area contributed by atoms with Crippen LogP contribution in [0.4, 0.5) is 10.5 Å². The number of hydrogen-bond donors (Lipinski definition) is 1. The molecule has 6 nitrogen and oxygen atoms in total. The quantitative estimate of drug-likeness (QED) is 0.698. The lowest BCUT2D eigenvalue weighted by Crippen LogP contribution is -2.27. The van der Waals surface area contributed by atoms with Crippen LogP contribution in [0, 0.1) is 0 Å². The van der Waals surface area contributed by atoms with E-state index in [0.29, 0.717) is 10.8 Å². The molecule has 0 saturated carbocycles. The standard InChI is InChI=1S/C17H17ClN4O2/c1-17(2,3)24-16(23)20-12-4-5-14-11(8-12)10-22(21-14)13-6-7-19-15(18)9-13/h4-10H,1-3H3,(H,20,23). The highest BCUT2D eigenvalue weighted by atomic mass is 35.5. The number of pyridine rings is 1. The molecule has 2 heterocycles. The van der Waals surface area contributed by atoms with Crippen molar-refractivity contribution < 1.29 is 9.53 Å². The molecule has 1 aromatic carbocycles. The highest BCUT2D eigenvalue weighted by molar-refractivity contribution is 6.29. The van der Waals surface area contributed by atoms with E-state index in [0.717, 1.165) is 16.6 Å². The van der Waals surface area contributed by atoms with E-state index in [2.05, 4.69) is 15.4 Å². The number of aromatic nitrogens is 3. The van der Waals surface area contributed by atoms with Crippen molar-refractivity contribution in [3.8, 4) is 5.69 Å². The number of ether oxygens (including phenoxy) is 1. The second kappa shape index (κ2) is 6.13. The number of halogens is 1. The van der Waals surface area contributed by atoms with Crippen LogP contribution >= 0.6 is 11.6 Å². The van der Waals surface area contributed by atoms with Crippen LogP contribution in [0.15, 0.2) is 42.7 Å². The fourth-order valence-corrected chi connectivity index (χ4v) is 2.36. The number of fused-ring (bicyclic) bond motifs is 1. The molecule has 0 aliphatic rings. The summed E-state index contributed by atoms with van der Waals surface area (Å²) in [4.78, 5) is 15.8. The third-order valence-electron chi connectivity index (χ3n) is 3.12. The van der Waals surface area contributed by atoms with Gasteiger partial charge in [0.25, 0.3) is 0 Å². The van der Waals surface area contributed by atoms with Crippen molar-refractivity contribution in [1.82, 2.24) is 14.8 Å². The minimum Gasteiger partial charge on any atom is -0.444 e. The number of nitrogens with zero attached hydrogens (tertiary/aromatic N) is 3. The SMILES string of the molecule is CC(C)(C)OC(=O)Nc1ccc2nn(-c3ccnc(Cl)c3)cc2c1. The number of anilines is 1. The largest absolute Gasteiger partial charge is 0.444 e. The highest BCUT2D eigenvalue weighted by Gasteiger charge is 2.16. The minimum absolute atomic E-state index is 0.402. The summed E-state index contributed by atoms with van der Waals surface area (Å²) in [7, 11) is 0. The average Bonchev–Trinajstić information content (AvgIpc) is 2.88. The van der Waals surface area contributed by atoms with Gasteiger partial charge in [0, 0.05) is 29.5 Å². The zero-order valence-corrected chi connectivity index (χ0v) is 14.3. The fraction of sp³-hybridized carbons (Fsp3) is 0.235. The molecule has 0 aliphatic heterocycles. The molecule has 0 fully saturated rings. The molecule has 0 aliphatic carbocycles. The first-order valence-electron chi connectivity index (χ1n) is 7.41. The van der Waals surface area contributed by atoms with Crippen LogP contribution in [0.3, 0.4) is 0 Å². The fourth-order valence-electron chi connectivity index (χ4n) is 2.19. The van der Waals surface area contributed by atoms with Crippen LogP contribution in [-0.2, 0) is 4.74 Å². The highest BCUT2D eigenvalue weighted by Crippen LogP contribution is 2.21. The summed E-state index contributed by atoms with van der Waals surface area (Å²) in [6, 6.07) is 9.00. The molecular weight excluding hydrogens is 328 g/mol. The summed E-state index contributed by atoms with van der Waals surface area (Å²) in [5.74, 6) is 0. The Morgan fingerprint density at radius 2 is 2.04 bits per heavy atom. The van der Waals surface area contributed by atoms with Gasteiger partial charge < -0.3 is 4.74 Å². The molecule has 1 amide bonds. The van der Waals surface area contributed by atoms with Gasteiger partial charge in [0.05, 0.1) is 11.2 Å². The predicted octanol–water partition coefficient (Wildman–Crippen LogP) is 4.42. The Bertz CT molecular complexity index is 899. The van der Waals surface area contributed by atoms with Crippen LogP contribution in [0.2, 0.25) is 5.15 Å². The topological polar surface area (TPSA) is 69.0 Å². The molecule has 3 aromatic rings. The molecular formula is C17H17ClN4O2. The van der Waals surface area contributed by atoms with Gasteiger partial charge in [-0.1, -0.05) is 11.6 Å². The van der Waals surface area contributed by atoms with Gasteiger partial charge in [-0.05, 0) is 45.0 Å². The number of carbonyl (C=O) groups is 1. The molecule has 3 rings (SSSR count). The first-order chi connectivity index (χ1) is 11.3. The van der Waals surface area contributed by atoms with Crippen molar-refractivity contribution >= 4 is 34.3 Å². The van der Waals surface area contributed by atoms with Crippen molar-refractivity contribution in [2.24, 2.45) is 0 Å². The van der Waals surface area contributed by atoms with E-state index in [4.69, 9.17) is 16.3 Å². The van der Waals surface area contributed by atoms with Gasteiger partial charge in [0.1, 0.15) is 10.8 Å². The summed E-state index contributed by atoms with van der Waals surface area (Å²) in [5, 5.41) is 8.50. The Labute approximate surface area is 144 Å². The lowest BCUT2D eigenvalue weighted by Gasteiger charge is -2.19. The number of amides is 1. The third-order valence-corrected chi connectivity index (χ3v) is 3.33. The van der Waals surface area contributed by atoms with Crippen LogP contribution in [-0.4, -0.2) is 26.5 Å². The van der Waals surface area contributed by atoms with Gasteiger partial charge in [0.15, 0.2) is 0 Å². The summed E-state index contributed by atoms with van der Waals surface area (Å²) in [6.45, 7) is 5.46. The summed E-state index contributed by atoms with van der Waals surface area (Å²) in [6.07, 6.45) is 3.00. The van der Waals surface area contributed by atoms with E-state index in [1.54, 1.807) is 23.0 Å². The maximum atomic E-state index is 11.9. The van der Waals surface area contributed by atoms with Gasteiger partial charge >= 0.3 is 6.09 Å². The molecule has 1 N–H and O–H groups in total. The second-order valence-corrected chi connectivity index (χ2v) is 6.70. The molecule has 0 atom stereocenters. The van der Waals surface area contributed by atoms with Crippen molar-refractivity contribution in [3.63, 3.8) is 0 Å². The van der Waals surface area contributed by atoms with E-state index in [1.165, 1.54) is 0 Å². The van der Waals surface area contributed by atoms with Gasteiger partial charge in [-0.25, -0.2) is 14.5 Å². The summed E-state index contributed by atoms with van der Waals surface area (Å²) < 4.78 is 6.97. The number of benzene rings is 1. The maximum Gasteiger partial charge on any atom is 0.412 e. The molecule has 7 heteroatoms. The lowest BCUT2D eigenvalue weighted by molar-refractivity contribution is 0.0636. The van der Waals surface area contributed by atoms with Crippen LogP contribution in [0.1, 0.15) is 20.8 Å². The molecule has 0 bridgehead atoms. The van der Waals surface area contributed by atoms with Crippen molar-refractivity contribution in [1.29, 1.82) is 0 Å². The summed E-state index contributed by atoms with van der Waals surface area (Å²) >= 11 is 5.92. The van der Waals surface area contributed by atoms with E-state index >= 15 is 0 Å². The Morgan fingerprint density at radius 3 is 2.75 bits per heavy atom. The number of rotatable bonds is 2. The average molecular weight is 345 g/mol. The normalized spacial score (nSPS) is 11.5. The van der Waals surface area contributed by atoms with Crippen molar-refractivity contribution in [2.75, 3.05) is 5.32 Å². The molecule has 24 heavy (non-hydrogen) atoms. The number of nitrogens with one attached hydrogen (secondary N) is 1. The molecule has 0 spiro atoms. The number of carbonyl (C=O) groups excluding carboxylic acids is 1. The van der Waals surface area contributed by atoms with Crippen LogP contribution in [0.5, 0.6) is 0 Å². The zero-order chi connectivity index (χ0) is 17.3. The summed E-state index contributed by atoms with van der Waals surface area (Å²) in [5.41, 5.74) is 1.72. The zero-order valence-electron chi connectivity index (χ0n) is 13.6. The van der Waals surface area contributed by atoms with Gasteiger partial charge in [-0.3, -0.25) is 5.32 Å². The van der Waals surface area contributed by atoms with E-state index in [-0.39, 0.29) is 0 Å². The van der Waals surface area contributed by atoms with E-state index in [1.807, 2.05) is 45.2 Å². The van der Waals surface area contributed by atoms with Crippen molar-refractivity contribution in [2.45, 2.75) is 26.4 Å². The number of hydrogen-bond acceptors (Lipinski definition) is 4. The second-order valence-electron chi connectivity index (χ2n) is 6.31. The Morgan fingerprint density at radius 1 is 1.25 bits per heavy atom. The van der Waals surface area contributed by atoms with E-state index < -0.39 is 11.7 Å².